The van der Waals surface area contributed by atoms with Crippen LogP contribution < -0.4 is 23.8 Å². The highest BCUT2D eigenvalue weighted by Crippen LogP contribution is 2.41. The van der Waals surface area contributed by atoms with E-state index >= 15 is 0 Å². The van der Waals surface area contributed by atoms with Crippen LogP contribution in [0.1, 0.15) is 38.8 Å². The maximum atomic E-state index is 6.16. The van der Waals surface area contributed by atoms with Crippen molar-refractivity contribution in [2.75, 3.05) is 31.3 Å². The number of ether oxygens (including phenoxy) is 4. The summed E-state index contributed by atoms with van der Waals surface area (Å²) < 4.78 is 24.0. The van der Waals surface area contributed by atoms with Crippen LogP contribution >= 0.6 is 0 Å². The molecule has 6 nitrogen and oxygen atoms in total. The molecule has 0 spiro atoms. The van der Waals surface area contributed by atoms with Crippen molar-refractivity contribution in [3.8, 4) is 67.8 Å². The minimum Gasteiger partial charge on any atom is -0.494 e. The van der Waals surface area contributed by atoms with Crippen LogP contribution in [0, 0.1) is 13.8 Å². The Morgan fingerprint density at radius 1 is 0.386 bits per heavy atom. The molecule has 7 rings (SSSR count). The number of hydrogen-bond donors (Lipinski definition) is 0. The van der Waals surface area contributed by atoms with Gasteiger partial charge in [-0.2, -0.15) is 0 Å². The Bertz CT molecular complexity index is 2280. The summed E-state index contributed by atoms with van der Waals surface area (Å²) >= 11 is 0. The average molecular weight is 755 g/mol. The van der Waals surface area contributed by atoms with Crippen LogP contribution in [0.4, 0.5) is 17.1 Å². The van der Waals surface area contributed by atoms with Crippen LogP contribution in [-0.2, 0) is 0 Å². The van der Waals surface area contributed by atoms with Gasteiger partial charge in [-0.3, -0.25) is 0 Å². The van der Waals surface area contributed by atoms with Crippen molar-refractivity contribution < 1.29 is 18.9 Å². The molecule has 57 heavy (non-hydrogen) atoms. The van der Waals surface area contributed by atoms with Crippen molar-refractivity contribution in [3.63, 3.8) is 0 Å². The lowest BCUT2D eigenvalue weighted by Gasteiger charge is -2.26. The molecular formula is C51H50N2O4. The Kier molecular flexibility index (Phi) is 12.2. The van der Waals surface area contributed by atoms with Gasteiger partial charge in [-0.05, 0) is 137 Å². The largest absolute Gasteiger partial charge is 0.494 e. The predicted molar refractivity (Wildman–Crippen MR) is 235 cm³/mol. The zero-order valence-electron chi connectivity index (χ0n) is 33.7. The standard InChI is InChI=1S/C51H50N2O4/c1-7-54-44-27-29-46(50(33-44)56-9-3)48-31-40(32-49(52-48)47-30-28-45(55-8-2)34-51(47)57-10-4)39-17-15-37(16-18-39)38-19-25-43(26-20-38)53(41-21-11-35(5)12-22-41)42-23-13-36(6)14-24-42/h11-34H,7-10H2,1-6H3. The van der Waals surface area contributed by atoms with Gasteiger partial charge in [0.25, 0.3) is 0 Å². The van der Waals surface area contributed by atoms with Gasteiger partial charge in [0.05, 0.1) is 37.8 Å². The summed E-state index contributed by atoms with van der Waals surface area (Å²) in [6.07, 6.45) is 0. The highest BCUT2D eigenvalue weighted by atomic mass is 16.5. The van der Waals surface area contributed by atoms with Gasteiger partial charge in [-0.15, -0.1) is 0 Å². The molecule has 0 aliphatic rings. The third kappa shape index (κ3) is 8.97. The normalized spacial score (nSPS) is 10.9. The Morgan fingerprint density at radius 3 is 1.12 bits per heavy atom. The number of rotatable bonds is 15. The lowest BCUT2D eigenvalue weighted by atomic mass is 9.97. The van der Waals surface area contributed by atoms with Crippen LogP contribution in [0.15, 0.2) is 146 Å². The molecule has 0 bridgehead atoms. The summed E-state index contributed by atoms with van der Waals surface area (Å²) in [5.74, 6) is 2.96. The third-order valence-electron chi connectivity index (χ3n) is 9.77. The van der Waals surface area contributed by atoms with Gasteiger partial charge in [-0.25, -0.2) is 4.98 Å². The molecule has 0 unspecified atom stereocenters. The highest BCUT2D eigenvalue weighted by Gasteiger charge is 2.18. The van der Waals surface area contributed by atoms with E-state index in [0.717, 1.165) is 84.8 Å². The zero-order chi connectivity index (χ0) is 39.7. The average Bonchev–Trinajstić information content (AvgIpc) is 3.23. The lowest BCUT2D eigenvalue weighted by Crippen LogP contribution is -2.09. The number of hydrogen-bond acceptors (Lipinski definition) is 6. The topological polar surface area (TPSA) is 53.1 Å². The quantitative estimate of drug-likeness (QED) is 0.104. The second-order valence-electron chi connectivity index (χ2n) is 13.8. The Morgan fingerprint density at radius 2 is 0.737 bits per heavy atom. The van der Waals surface area contributed by atoms with E-state index in [2.05, 4.69) is 128 Å². The van der Waals surface area contributed by atoms with E-state index in [4.69, 9.17) is 23.9 Å². The second-order valence-corrected chi connectivity index (χ2v) is 13.8. The molecule has 0 atom stereocenters. The highest BCUT2D eigenvalue weighted by molar-refractivity contribution is 5.83. The molecule has 0 radical (unpaired) electrons. The molecule has 7 aromatic rings. The number of pyridine rings is 1. The zero-order valence-corrected chi connectivity index (χ0v) is 33.7. The fourth-order valence-corrected chi connectivity index (χ4v) is 6.96. The smallest absolute Gasteiger partial charge is 0.132 e. The first-order valence-electron chi connectivity index (χ1n) is 19.8. The molecule has 0 saturated heterocycles. The molecule has 6 heteroatoms. The van der Waals surface area contributed by atoms with Crippen molar-refractivity contribution in [3.05, 3.63) is 157 Å². The predicted octanol–water partition coefficient (Wildman–Crippen LogP) is 13.4. The molecule has 1 heterocycles. The second kappa shape index (κ2) is 17.9. The van der Waals surface area contributed by atoms with E-state index < -0.39 is 0 Å². The van der Waals surface area contributed by atoms with Crippen LogP contribution in [0.3, 0.4) is 0 Å². The number of aromatic nitrogens is 1. The van der Waals surface area contributed by atoms with Crippen molar-refractivity contribution >= 4 is 17.1 Å². The maximum absolute atomic E-state index is 6.16. The van der Waals surface area contributed by atoms with E-state index in [0.29, 0.717) is 26.4 Å². The maximum Gasteiger partial charge on any atom is 0.132 e. The summed E-state index contributed by atoms with van der Waals surface area (Å²) in [5, 5.41) is 0. The minimum absolute atomic E-state index is 0.515. The number of nitrogens with zero attached hydrogens (tertiary/aromatic N) is 2. The van der Waals surface area contributed by atoms with Gasteiger partial charge in [0, 0.05) is 40.3 Å². The first-order valence-corrected chi connectivity index (χ1v) is 19.8. The van der Waals surface area contributed by atoms with E-state index in [1.807, 2.05) is 64.1 Å². The van der Waals surface area contributed by atoms with E-state index in [9.17, 15) is 0 Å². The fraction of sp³-hybridized carbons (Fsp3) is 0.196. The van der Waals surface area contributed by atoms with Crippen LogP contribution in [-0.4, -0.2) is 31.4 Å². The molecule has 0 aliphatic carbocycles. The van der Waals surface area contributed by atoms with Crippen molar-refractivity contribution in [1.29, 1.82) is 0 Å². The monoisotopic (exact) mass is 754 g/mol. The van der Waals surface area contributed by atoms with Crippen LogP contribution in [0.2, 0.25) is 0 Å². The van der Waals surface area contributed by atoms with Gasteiger partial charge in [0.15, 0.2) is 0 Å². The van der Waals surface area contributed by atoms with Crippen molar-refractivity contribution in [2.45, 2.75) is 41.5 Å². The summed E-state index contributed by atoms with van der Waals surface area (Å²) in [7, 11) is 0. The van der Waals surface area contributed by atoms with E-state index in [1.165, 1.54) is 11.1 Å². The summed E-state index contributed by atoms with van der Waals surface area (Å²) in [5.41, 5.74) is 13.5. The summed E-state index contributed by atoms with van der Waals surface area (Å²) in [4.78, 5) is 7.53. The summed E-state index contributed by atoms with van der Waals surface area (Å²) in [6.45, 7) is 14.3. The van der Waals surface area contributed by atoms with Crippen LogP contribution in [0.25, 0.3) is 44.8 Å². The lowest BCUT2D eigenvalue weighted by molar-refractivity contribution is 0.323. The van der Waals surface area contributed by atoms with Crippen molar-refractivity contribution in [2.24, 2.45) is 0 Å². The van der Waals surface area contributed by atoms with E-state index in [-0.39, 0.29) is 0 Å². The molecule has 0 saturated carbocycles. The molecule has 0 aliphatic heterocycles. The van der Waals surface area contributed by atoms with Gasteiger partial charge in [0.1, 0.15) is 23.0 Å². The van der Waals surface area contributed by atoms with Gasteiger partial charge in [-0.1, -0.05) is 71.8 Å². The fourth-order valence-electron chi connectivity index (χ4n) is 6.96. The van der Waals surface area contributed by atoms with Gasteiger partial charge < -0.3 is 23.8 Å². The molecule has 0 fully saturated rings. The molecule has 1 aromatic heterocycles. The number of aryl methyl sites for hydroxylation is 2. The van der Waals surface area contributed by atoms with Crippen molar-refractivity contribution in [1.82, 2.24) is 4.98 Å². The van der Waals surface area contributed by atoms with E-state index in [1.54, 1.807) is 0 Å². The minimum atomic E-state index is 0.515. The summed E-state index contributed by atoms with van der Waals surface area (Å²) in [6, 6.07) is 51.0. The SMILES string of the molecule is CCOc1ccc(-c2cc(-c3ccc(-c4ccc(N(c5ccc(C)cc5)c5ccc(C)cc5)cc4)cc3)cc(-c3ccc(OCC)cc3OCC)n2)c(OCC)c1. The Hall–Kier alpha value is -6.53. The third-order valence-corrected chi connectivity index (χ3v) is 9.77. The number of benzene rings is 6. The first kappa shape index (κ1) is 38.7. The van der Waals surface area contributed by atoms with Gasteiger partial charge in [0.2, 0.25) is 0 Å². The van der Waals surface area contributed by atoms with Gasteiger partial charge >= 0.3 is 0 Å². The molecule has 6 aromatic carbocycles. The first-order chi connectivity index (χ1) is 27.9. The molecule has 0 N–H and O–H groups in total. The Balaban J connectivity index is 1.26. The molecular weight excluding hydrogens is 705 g/mol. The Labute approximate surface area is 337 Å². The number of anilines is 3. The molecule has 0 amide bonds. The van der Waals surface area contributed by atoms with Crippen LogP contribution in [0.5, 0.6) is 23.0 Å². The molecule has 288 valence electrons.